The van der Waals surface area contributed by atoms with Crippen molar-refractivity contribution in [3.63, 3.8) is 0 Å². The molecule has 1 aromatic heterocycles. The van der Waals surface area contributed by atoms with Crippen molar-refractivity contribution in [2.45, 2.75) is 44.8 Å². The van der Waals surface area contributed by atoms with Crippen molar-refractivity contribution in [1.29, 1.82) is 0 Å². The Labute approximate surface area is 294 Å². The van der Waals surface area contributed by atoms with E-state index in [1.54, 1.807) is 0 Å². The van der Waals surface area contributed by atoms with Gasteiger partial charge in [-0.3, -0.25) is 0 Å². The van der Waals surface area contributed by atoms with Crippen LogP contribution < -0.4 is 10.2 Å². The first-order valence-corrected chi connectivity index (χ1v) is 18.1. The van der Waals surface area contributed by atoms with Gasteiger partial charge in [-0.05, 0) is 97.4 Å². The SMILES string of the molecule is CC1CC=CC2=C1c1c(c3ccccc3n1-c1ccccc1)C1=C(C=CCC1)N2C1C=C(C2Nc3ccccc3N2c2ccccc2)C=CC1. The highest BCUT2D eigenvalue weighted by molar-refractivity contribution is 6.03. The van der Waals surface area contributed by atoms with Crippen LogP contribution in [-0.4, -0.2) is 21.7 Å². The lowest BCUT2D eigenvalue weighted by molar-refractivity contribution is 0.377. The first kappa shape index (κ1) is 29.2. The molecule has 0 spiro atoms. The topological polar surface area (TPSA) is 23.4 Å². The van der Waals surface area contributed by atoms with Crippen molar-refractivity contribution < 1.29 is 0 Å². The van der Waals surface area contributed by atoms with Crippen LogP contribution >= 0.6 is 0 Å². The van der Waals surface area contributed by atoms with Gasteiger partial charge in [0.25, 0.3) is 0 Å². The predicted octanol–water partition coefficient (Wildman–Crippen LogP) is 11.2. The average Bonchev–Trinajstić information content (AvgIpc) is 3.69. The fourth-order valence-electron chi connectivity index (χ4n) is 8.99. The number of nitrogens with zero attached hydrogens (tertiary/aromatic N) is 3. The van der Waals surface area contributed by atoms with E-state index >= 15 is 0 Å². The number of fused-ring (bicyclic) bond motifs is 6. The summed E-state index contributed by atoms with van der Waals surface area (Å²) in [5.74, 6) is 0.371. The number of benzene rings is 4. The molecule has 4 nitrogen and oxygen atoms in total. The highest BCUT2D eigenvalue weighted by Crippen LogP contribution is 2.51. The van der Waals surface area contributed by atoms with Gasteiger partial charge in [-0.1, -0.05) is 104 Å². The molecule has 4 aromatic carbocycles. The third-order valence-corrected chi connectivity index (χ3v) is 11.1. The summed E-state index contributed by atoms with van der Waals surface area (Å²) in [5, 5.41) is 5.24. The number of para-hydroxylation sites is 5. The Hall–Kier alpha value is -5.74. The van der Waals surface area contributed by atoms with E-state index in [1.165, 1.54) is 73.0 Å². The van der Waals surface area contributed by atoms with Crippen molar-refractivity contribution in [3.8, 4) is 5.69 Å². The van der Waals surface area contributed by atoms with E-state index in [4.69, 9.17) is 0 Å². The molecule has 3 unspecified atom stereocenters. The van der Waals surface area contributed by atoms with Crippen LogP contribution in [-0.2, 0) is 0 Å². The average molecular weight is 649 g/mol. The fraction of sp³-hybridized carbons (Fsp3) is 0.174. The molecule has 0 bridgehead atoms. The number of aromatic nitrogens is 1. The fourth-order valence-corrected chi connectivity index (χ4v) is 8.99. The molecule has 0 fully saturated rings. The zero-order valence-electron chi connectivity index (χ0n) is 28.3. The summed E-state index contributed by atoms with van der Waals surface area (Å²) in [7, 11) is 0. The summed E-state index contributed by atoms with van der Waals surface area (Å²) in [6.45, 7) is 2.42. The second-order valence-electron chi connectivity index (χ2n) is 14.1. The lowest BCUT2D eigenvalue weighted by atomic mass is 9.85. The first-order chi connectivity index (χ1) is 24.8. The molecule has 0 amide bonds. The minimum atomic E-state index is -0.00553. The third kappa shape index (κ3) is 4.44. The van der Waals surface area contributed by atoms with Crippen LogP contribution in [0.4, 0.5) is 17.1 Å². The molecule has 3 atom stereocenters. The van der Waals surface area contributed by atoms with Gasteiger partial charge in [0, 0.05) is 39.3 Å². The molecule has 3 heterocycles. The van der Waals surface area contributed by atoms with E-state index in [0.29, 0.717) is 5.92 Å². The van der Waals surface area contributed by atoms with Crippen LogP contribution in [0.2, 0.25) is 0 Å². The van der Waals surface area contributed by atoms with Gasteiger partial charge in [0.15, 0.2) is 0 Å². The van der Waals surface area contributed by atoms with Crippen LogP contribution in [0.25, 0.3) is 27.7 Å². The maximum absolute atomic E-state index is 3.90. The van der Waals surface area contributed by atoms with Gasteiger partial charge < -0.3 is 19.7 Å². The molecule has 1 N–H and O–H groups in total. The van der Waals surface area contributed by atoms with Gasteiger partial charge in [0.05, 0.1) is 28.6 Å². The van der Waals surface area contributed by atoms with E-state index < -0.39 is 0 Å². The molecule has 0 saturated heterocycles. The molecule has 3 aliphatic carbocycles. The maximum Gasteiger partial charge on any atom is 0.130 e. The van der Waals surface area contributed by atoms with Gasteiger partial charge in [-0.25, -0.2) is 0 Å². The number of nitrogens with one attached hydrogen (secondary N) is 1. The first-order valence-electron chi connectivity index (χ1n) is 18.1. The highest BCUT2D eigenvalue weighted by atomic mass is 15.3. The maximum atomic E-state index is 3.90. The molecule has 244 valence electrons. The zero-order chi connectivity index (χ0) is 33.2. The summed E-state index contributed by atoms with van der Waals surface area (Å²) < 4.78 is 2.56. The quantitative estimate of drug-likeness (QED) is 0.210. The van der Waals surface area contributed by atoms with Gasteiger partial charge in [-0.15, -0.1) is 0 Å². The monoisotopic (exact) mass is 648 g/mol. The van der Waals surface area contributed by atoms with Gasteiger partial charge in [0.1, 0.15) is 6.17 Å². The minimum Gasteiger partial charge on any atom is -0.359 e. The smallest absolute Gasteiger partial charge is 0.130 e. The van der Waals surface area contributed by atoms with Crippen LogP contribution in [0.1, 0.15) is 43.9 Å². The Bertz CT molecular complexity index is 2330. The van der Waals surface area contributed by atoms with E-state index in [9.17, 15) is 0 Å². The zero-order valence-corrected chi connectivity index (χ0v) is 28.3. The van der Waals surface area contributed by atoms with Crippen molar-refractivity contribution in [2.75, 3.05) is 10.2 Å². The number of hydrogen-bond acceptors (Lipinski definition) is 3. The standard InChI is InChI=1S/C46H40N4/c1-31-16-14-29-42-43(31)45-44(37-24-9-12-27-40(37)49(45)33-18-4-2-5-19-33)36-23-8-11-26-39(36)48(42)35-22-15-17-32(30-35)46-47-38-25-10-13-28-41(38)50(46)34-20-6-3-7-21-34/h2-7,9-15,17-21,24-31,35,46-47H,8,16,22-23H2,1H3. The Morgan fingerprint density at radius 3 is 2.24 bits per heavy atom. The highest BCUT2D eigenvalue weighted by Gasteiger charge is 2.39. The Balaban J connectivity index is 1.18. The molecular weight excluding hydrogens is 609 g/mol. The summed E-state index contributed by atoms with van der Waals surface area (Å²) in [5.41, 5.74) is 15.7. The summed E-state index contributed by atoms with van der Waals surface area (Å²) >= 11 is 0. The molecule has 5 aliphatic rings. The van der Waals surface area contributed by atoms with Crippen molar-refractivity contribution in [3.05, 3.63) is 180 Å². The van der Waals surface area contributed by atoms with E-state index in [1.807, 2.05) is 0 Å². The number of rotatable bonds is 4. The van der Waals surface area contributed by atoms with Crippen LogP contribution in [0.15, 0.2) is 169 Å². The lowest BCUT2D eigenvalue weighted by Crippen LogP contribution is -2.38. The van der Waals surface area contributed by atoms with Crippen molar-refractivity contribution >= 4 is 39.1 Å². The number of hydrogen-bond donors (Lipinski definition) is 1. The van der Waals surface area contributed by atoms with Gasteiger partial charge in [0.2, 0.25) is 0 Å². The molecule has 0 radical (unpaired) electrons. The van der Waals surface area contributed by atoms with E-state index in [-0.39, 0.29) is 12.2 Å². The van der Waals surface area contributed by atoms with Crippen LogP contribution in [0.3, 0.4) is 0 Å². The van der Waals surface area contributed by atoms with Gasteiger partial charge in [-0.2, -0.15) is 0 Å². The molecule has 10 rings (SSSR count). The largest absolute Gasteiger partial charge is 0.359 e. The lowest BCUT2D eigenvalue weighted by Gasteiger charge is -2.39. The summed E-state index contributed by atoms with van der Waals surface area (Å²) in [6, 6.07) is 39.7. The second-order valence-corrected chi connectivity index (χ2v) is 14.1. The summed E-state index contributed by atoms with van der Waals surface area (Å²) in [4.78, 5) is 5.16. The summed E-state index contributed by atoms with van der Waals surface area (Å²) in [6.07, 6.45) is 21.0. The second kappa shape index (κ2) is 11.7. The predicted molar refractivity (Wildman–Crippen MR) is 208 cm³/mol. The van der Waals surface area contributed by atoms with Gasteiger partial charge >= 0.3 is 0 Å². The Morgan fingerprint density at radius 2 is 1.38 bits per heavy atom. The van der Waals surface area contributed by atoms with Crippen LogP contribution in [0.5, 0.6) is 0 Å². The molecule has 4 heteroatoms. The van der Waals surface area contributed by atoms with Crippen LogP contribution in [0, 0.1) is 5.92 Å². The number of anilines is 3. The third-order valence-electron chi connectivity index (χ3n) is 11.1. The molecule has 0 saturated carbocycles. The molecule has 50 heavy (non-hydrogen) atoms. The van der Waals surface area contributed by atoms with E-state index in [2.05, 4.69) is 178 Å². The number of allylic oxidation sites excluding steroid dienone is 6. The Kier molecular flexibility index (Phi) is 6.83. The molecular formula is C46H40N4. The molecule has 5 aromatic rings. The van der Waals surface area contributed by atoms with Crippen molar-refractivity contribution in [1.82, 2.24) is 9.47 Å². The van der Waals surface area contributed by atoms with E-state index in [0.717, 1.165) is 25.7 Å². The Morgan fingerprint density at radius 1 is 0.660 bits per heavy atom. The normalized spacial score (nSPS) is 22.2. The minimum absolute atomic E-state index is 0.00553. The van der Waals surface area contributed by atoms with Crippen molar-refractivity contribution in [2.24, 2.45) is 5.92 Å². The molecule has 2 aliphatic heterocycles.